The van der Waals surface area contributed by atoms with Crippen LogP contribution in [-0.4, -0.2) is 146 Å². The molecule has 372 valence electrons. The topological polar surface area (TPSA) is 216 Å². The molecule has 0 aromatic heterocycles. The van der Waals surface area contributed by atoms with E-state index in [4.69, 9.17) is 34.0 Å². The van der Waals surface area contributed by atoms with Crippen LogP contribution in [0.5, 0.6) is 5.75 Å². The summed E-state index contributed by atoms with van der Waals surface area (Å²) >= 11 is 0. The summed E-state index contributed by atoms with van der Waals surface area (Å²) in [6.45, 7) is 23.6. The van der Waals surface area contributed by atoms with Crippen LogP contribution in [-0.2, 0) is 33.3 Å². The third-order valence-electron chi connectivity index (χ3n) is 8.13. The quantitative estimate of drug-likeness (QED) is 0.00878. The van der Waals surface area contributed by atoms with Gasteiger partial charge >= 0.3 is 0 Å². The number of nitrogens with zero attached hydrogens (tertiary/aromatic N) is 3. The van der Waals surface area contributed by atoms with Crippen LogP contribution in [0.1, 0.15) is 85.0 Å². The van der Waals surface area contributed by atoms with E-state index in [-0.39, 0.29) is 44.0 Å². The van der Waals surface area contributed by atoms with E-state index in [1.54, 1.807) is 35.1 Å². The molecule has 1 aromatic rings. The minimum atomic E-state index is -0.904. The molecule has 1 aromatic carbocycles. The molecule has 0 bridgehead atoms. The third-order valence-corrected chi connectivity index (χ3v) is 10.2. The predicted octanol–water partition coefficient (Wildman–Crippen LogP) is 6.71. The van der Waals surface area contributed by atoms with Crippen molar-refractivity contribution < 1.29 is 42.8 Å². The zero-order valence-electron chi connectivity index (χ0n) is 40.5. The number of unbranched alkanes of at least 4 members (excludes halogenated alkanes) is 1. The highest BCUT2D eigenvalue weighted by Crippen LogP contribution is 2.20. The molecule has 17 nitrogen and oxygen atoms in total. The molecule has 0 saturated heterocycles. The van der Waals surface area contributed by atoms with E-state index in [0.717, 1.165) is 31.7 Å². The maximum Gasteiger partial charge on any atom is 0.251 e. The molecule has 1 unspecified atom stereocenters. The molecule has 5 N–H and O–H groups in total. The predicted molar refractivity (Wildman–Crippen MR) is 265 cm³/mol. The standard InChI is InChI=1S/C26H42N6O6.C20H40N2O3S2/c1-20(2)7-6-13-35-14-12-29-24(33)18-36-15-16-37-25(31-32-27)19-38-23-9-5-8-22(17-23)26(34)30-11-10-28-21(3)4;1-18(2)8-7-13-24-14-10-21-16-20(23)9-5-6-12-25-17-27-26-15-11-22-19(3)4/h5-9,17,20-21,25,28H,10-16,18-19H2,1-4H3,(H,29,33)(H,30,34);7-8,18-19,21-22H,5-6,9-17H2,1-4H3/b7-6+;8-7+. The number of rotatable bonds is 41. The number of Topliss-reactive ketones (excluding diaryl/α,β-unsaturated/α-hetero) is 1. The van der Waals surface area contributed by atoms with Gasteiger partial charge in [-0.25, -0.2) is 0 Å². The maximum absolute atomic E-state index is 12.3. The second-order valence-corrected chi connectivity index (χ2v) is 18.4. The molecule has 0 aliphatic carbocycles. The molecule has 65 heavy (non-hydrogen) atoms. The van der Waals surface area contributed by atoms with Crippen LogP contribution in [0.2, 0.25) is 0 Å². The van der Waals surface area contributed by atoms with Gasteiger partial charge in [0.25, 0.3) is 5.91 Å². The van der Waals surface area contributed by atoms with Crippen molar-refractivity contribution in [2.45, 2.75) is 93.0 Å². The molecular weight excluding hydrogens is 873 g/mol. The Morgan fingerprint density at radius 1 is 0.754 bits per heavy atom. The van der Waals surface area contributed by atoms with Gasteiger partial charge in [-0.3, -0.25) is 14.4 Å². The molecule has 2 amide bonds. The van der Waals surface area contributed by atoms with Crippen molar-refractivity contribution in [1.82, 2.24) is 26.6 Å². The van der Waals surface area contributed by atoms with Gasteiger partial charge in [0.2, 0.25) is 5.91 Å². The molecule has 0 fully saturated rings. The van der Waals surface area contributed by atoms with Gasteiger partial charge in [-0.2, -0.15) is 0 Å². The molecule has 0 radical (unpaired) electrons. The summed E-state index contributed by atoms with van der Waals surface area (Å²) in [6, 6.07) is 7.58. The fourth-order valence-corrected chi connectivity index (χ4v) is 6.53. The Morgan fingerprint density at radius 3 is 2.12 bits per heavy atom. The second kappa shape index (κ2) is 44.6. The minimum Gasteiger partial charge on any atom is -0.491 e. The fraction of sp³-hybridized carbons (Fsp3) is 0.717. The van der Waals surface area contributed by atoms with Crippen molar-refractivity contribution >= 4 is 39.2 Å². The molecule has 0 heterocycles. The molecule has 1 atom stereocenters. The summed E-state index contributed by atoms with van der Waals surface area (Å²) in [6.07, 6.45) is 9.73. The first kappa shape index (κ1) is 61.8. The lowest BCUT2D eigenvalue weighted by molar-refractivity contribution is -0.126. The molecular formula is C46H82N8O9S2. The van der Waals surface area contributed by atoms with Crippen molar-refractivity contribution in [3.8, 4) is 5.75 Å². The van der Waals surface area contributed by atoms with Gasteiger partial charge < -0.3 is 55.0 Å². The molecule has 0 aliphatic heterocycles. The number of benzene rings is 1. The highest BCUT2D eigenvalue weighted by molar-refractivity contribution is 8.76. The third kappa shape index (κ3) is 44.4. The summed E-state index contributed by atoms with van der Waals surface area (Å²) in [5.41, 5.74) is 9.26. The Labute approximate surface area is 397 Å². The lowest BCUT2D eigenvalue weighted by atomic mass is 10.2. The first-order valence-electron chi connectivity index (χ1n) is 22.8. The van der Waals surface area contributed by atoms with Gasteiger partial charge in [-0.15, -0.1) is 0 Å². The summed E-state index contributed by atoms with van der Waals surface area (Å²) in [5.74, 6) is 3.07. The highest BCUT2D eigenvalue weighted by atomic mass is 33.1. The average molecular weight is 955 g/mol. The first-order valence-corrected chi connectivity index (χ1v) is 25.3. The summed E-state index contributed by atoms with van der Waals surface area (Å²) in [7, 11) is 3.59. The van der Waals surface area contributed by atoms with Crippen molar-refractivity contribution in [2.75, 3.05) is 110 Å². The number of carbonyl (C=O) groups is 3. The number of nitrogens with one attached hydrogen (secondary N) is 5. The molecule has 0 aliphatic rings. The van der Waals surface area contributed by atoms with Crippen molar-refractivity contribution in [2.24, 2.45) is 17.0 Å². The Bertz CT molecular complexity index is 1450. The van der Waals surface area contributed by atoms with Crippen molar-refractivity contribution in [3.63, 3.8) is 0 Å². The monoisotopic (exact) mass is 955 g/mol. The SMILES string of the molecule is CC(C)/C=C/COCCNC(=O)COCCOC(COc1cccc(C(=O)NCCNC(C)C)c1)N=[N+]=[N-].CC(C)/C=C/COCCNCC(=O)CCCCOCSSCCNC(C)C. The van der Waals surface area contributed by atoms with Crippen LogP contribution >= 0.6 is 21.6 Å². The van der Waals surface area contributed by atoms with E-state index in [2.05, 4.69) is 90.3 Å². The molecule has 1 rings (SSSR count). The zero-order chi connectivity index (χ0) is 48.2. The van der Waals surface area contributed by atoms with E-state index < -0.39 is 6.23 Å². The maximum atomic E-state index is 12.3. The van der Waals surface area contributed by atoms with Gasteiger partial charge in [0.1, 0.15) is 30.7 Å². The number of hydrogen-bond acceptors (Lipinski definition) is 15. The number of ether oxygens (including phenoxy) is 6. The van der Waals surface area contributed by atoms with Crippen LogP contribution in [0, 0.1) is 11.8 Å². The molecule has 0 spiro atoms. The van der Waals surface area contributed by atoms with E-state index in [0.29, 0.717) is 107 Å². The van der Waals surface area contributed by atoms with Crippen LogP contribution in [0.25, 0.3) is 10.4 Å². The van der Waals surface area contributed by atoms with Gasteiger partial charge in [0.05, 0.1) is 46.2 Å². The Balaban J connectivity index is 0.00000134. The molecule has 19 heteroatoms. The van der Waals surface area contributed by atoms with Gasteiger partial charge in [0.15, 0.2) is 6.23 Å². The first-order chi connectivity index (χ1) is 31.3. The van der Waals surface area contributed by atoms with Gasteiger partial charge in [-0.1, -0.05) is 112 Å². The summed E-state index contributed by atoms with van der Waals surface area (Å²) < 4.78 is 32.9. The van der Waals surface area contributed by atoms with Crippen LogP contribution in [0.4, 0.5) is 0 Å². The van der Waals surface area contributed by atoms with Crippen molar-refractivity contribution in [1.29, 1.82) is 0 Å². The summed E-state index contributed by atoms with van der Waals surface area (Å²) in [4.78, 5) is 38.7. The van der Waals surface area contributed by atoms with Crippen LogP contribution in [0.3, 0.4) is 0 Å². The highest BCUT2D eigenvalue weighted by Gasteiger charge is 2.11. The Morgan fingerprint density at radius 2 is 1.45 bits per heavy atom. The fourth-order valence-electron chi connectivity index (χ4n) is 4.95. The van der Waals surface area contributed by atoms with E-state index in [1.807, 2.05) is 36.8 Å². The largest absolute Gasteiger partial charge is 0.491 e. The normalized spacial score (nSPS) is 11.9. The lowest BCUT2D eigenvalue weighted by Gasteiger charge is -2.15. The van der Waals surface area contributed by atoms with Crippen LogP contribution < -0.4 is 31.3 Å². The van der Waals surface area contributed by atoms with Gasteiger partial charge in [0, 0.05) is 74.1 Å². The minimum absolute atomic E-state index is 0.0553. The number of hydrogen-bond donors (Lipinski definition) is 5. The number of amides is 2. The van der Waals surface area contributed by atoms with Crippen LogP contribution in [0.15, 0.2) is 53.7 Å². The Hall–Kier alpha value is -3.20. The van der Waals surface area contributed by atoms with Gasteiger partial charge in [-0.05, 0) is 48.4 Å². The van der Waals surface area contributed by atoms with E-state index in [9.17, 15) is 14.4 Å². The van der Waals surface area contributed by atoms with E-state index >= 15 is 0 Å². The Kier molecular flexibility index (Phi) is 42.4. The summed E-state index contributed by atoms with van der Waals surface area (Å²) in [5, 5.41) is 18.9. The second-order valence-electron chi connectivity index (χ2n) is 15.9. The number of allylic oxidation sites excluding steroid dienone is 2. The number of carbonyl (C=O) groups excluding carboxylic acids is 3. The van der Waals surface area contributed by atoms with Crippen molar-refractivity contribution in [3.05, 3.63) is 64.6 Å². The lowest BCUT2D eigenvalue weighted by Crippen LogP contribution is -2.34. The number of azide groups is 1. The number of ketones is 1. The molecule has 0 saturated carbocycles. The zero-order valence-corrected chi connectivity index (χ0v) is 42.1. The smallest absolute Gasteiger partial charge is 0.251 e. The average Bonchev–Trinajstić information content (AvgIpc) is 3.26. The van der Waals surface area contributed by atoms with E-state index in [1.165, 1.54) is 0 Å².